The Morgan fingerprint density at radius 3 is 2.78 bits per heavy atom. The summed E-state index contributed by atoms with van der Waals surface area (Å²) in [5, 5.41) is 4.83. The number of hydrogen-bond donors (Lipinski definition) is 1. The van der Waals surface area contributed by atoms with Crippen molar-refractivity contribution >= 4 is 17.5 Å². The summed E-state index contributed by atoms with van der Waals surface area (Å²) >= 11 is 6.03. The van der Waals surface area contributed by atoms with Crippen molar-refractivity contribution in [3.63, 3.8) is 0 Å². The Morgan fingerprint density at radius 2 is 2.17 bits per heavy atom. The molecule has 3 nitrogen and oxygen atoms in total. The van der Waals surface area contributed by atoms with E-state index < -0.39 is 0 Å². The summed E-state index contributed by atoms with van der Waals surface area (Å²) in [6.45, 7) is 4.45. The SMILES string of the molecule is CC1(C)CC1c1noc(N)c1-c1cccc(Cl)c1. The summed E-state index contributed by atoms with van der Waals surface area (Å²) < 4.78 is 5.17. The minimum absolute atomic E-state index is 0.288. The van der Waals surface area contributed by atoms with E-state index in [4.69, 9.17) is 21.9 Å². The fraction of sp³-hybridized carbons (Fsp3) is 0.357. The van der Waals surface area contributed by atoms with E-state index in [-0.39, 0.29) is 5.41 Å². The van der Waals surface area contributed by atoms with Crippen LogP contribution in [0.3, 0.4) is 0 Å². The highest BCUT2D eigenvalue weighted by molar-refractivity contribution is 6.30. The van der Waals surface area contributed by atoms with Crippen LogP contribution < -0.4 is 5.73 Å². The maximum atomic E-state index is 6.03. The largest absolute Gasteiger partial charge is 0.367 e. The van der Waals surface area contributed by atoms with Gasteiger partial charge in [0.15, 0.2) is 0 Å². The van der Waals surface area contributed by atoms with Crippen molar-refractivity contribution < 1.29 is 4.52 Å². The Hall–Kier alpha value is -1.48. The molecule has 1 aliphatic carbocycles. The summed E-state index contributed by atoms with van der Waals surface area (Å²) in [6, 6.07) is 7.62. The zero-order valence-electron chi connectivity index (χ0n) is 10.4. The highest BCUT2D eigenvalue weighted by atomic mass is 35.5. The van der Waals surface area contributed by atoms with E-state index in [0.717, 1.165) is 23.2 Å². The molecule has 1 aromatic carbocycles. The van der Waals surface area contributed by atoms with Crippen LogP contribution >= 0.6 is 11.6 Å². The molecule has 0 aliphatic heterocycles. The Balaban J connectivity index is 2.09. The average molecular weight is 263 g/mol. The molecule has 0 bridgehead atoms. The summed E-state index contributed by atoms with van der Waals surface area (Å²) in [4.78, 5) is 0. The Kier molecular flexibility index (Phi) is 2.42. The van der Waals surface area contributed by atoms with E-state index >= 15 is 0 Å². The number of halogens is 1. The third-order valence-corrected chi connectivity index (χ3v) is 3.94. The zero-order chi connectivity index (χ0) is 12.9. The van der Waals surface area contributed by atoms with Crippen molar-refractivity contribution in [2.75, 3.05) is 5.73 Å². The van der Waals surface area contributed by atoms with Crippen LogP contribution in [0.15, 0.2) is 28.8 Å². The van der Waals surface area contributed by atoms with Crippen molar-refractivity contribution in [2.24, 2.45) is 5.41 Å². The van der Waals surface area contributed by atoms with Crippen molar-refractivity contribution in [1.29, 1.82) is 0 Å². The first kappa shape index (κ1) is 11.6. The van der Waals surface area contributed by atoms with Crippen LogP contribution in [0, 0.1) is 5.41 Å². The average Bonchev–Trinajstić information content (AvgIpc) is 2.77. The maximum Gasteiger partial charge on any atom is 0.230 e. The Morgan fingerprint density at radius 1 is 1.44 bits per heavy atom. The fourth-order valence-corrected chi connectivity index (χ4v) is 2.61. The van der Waals surface area contributed by atoms with Crippen LogP contribution in [0.2, 0.25) is 5.02 Å². The molecule has 0 radical (unpaired) electrons. The number of nitrogens with zero attached hydrogens (tertiary/aromatic N) is 1. The molecule has 0 amide bonds. The summed E-state index contributed by atoms with van der Waals surface area (Å²) in [7, 11) is 0. The minimum Gasteiger partial charge on any atom is -0.367 e. The third kappa shape index (κ3) is 1.79. The number of nitrogen functional groups attached to an aromatic ring is 1. The van der Waals surface area contributed by atoms with Crippen LogP contribution in [0.5, 0.6) is 0 Å². The molecule has 3 rings (SSSR count). The molecule has 94 valence electrons. The van der Waals surface area contributed by atoms with E-state index in [1.807, 2.05) is 24.3 Å². The highest BCUT2D eigenvalue weighted by Crippen LogP contribution is 2.60. The Bertz CT molecular complexity index is 604. The van der Waals surface area contributed by atoms with Gasteiger partial charge in [0.2, 0.25) is 5.88 Å². The predicted molar refractivity (Wildman–Crippen MR) is 72.5 cm³/mol. The molecule has 1 fully saturated rings. The van der Waals surface area contributed by atoms with Gasteiger partial charge in [-0.2, -0.15) is 0 Å². The second-order valence-corrected chi connectivity index (χ2v) is 6.00. The van der Waals surface area contributed by atoms with Gasteiger partial charge in [0.1, 0.15) is 0 Å². The van der Waals surface area contributed by atoms with Crippen LogP contribution in [-0.2, 0) is 0 Å². The smallest absolute Gasteiger partial charge is 0.230 e. The lowest BCUT2D eigenvalue weighted by molar-refractivity contribution is 0.424. The van der Waals surface area contributed by atoms with Crippen LogP contribution in [0.4, 0.5) is 5.88 Å². The normalized spacial score (nSPS) is 20.9. The molecule has 1 heterocycles. The van der Waals surface area contributed by atoms with Gasteiger partial charge in [-0.25, -0.2) is 0 Å². The number of hydrogen-bond acceptors (Lipinski definition) is 3. The van der Waals surface area contributed by atoms with Crippen molar-refractivity contribution in [3.8, 4) is 11.1 Å². The summed E-state index contributed by atoms with van der Waals surface area (Å²) in [6.07, 6.45) is 1.12. The molecule has 2 aromatic rings. The molecule has 1 saturated carbocycles. The molecule has 0 spiro atoms. The summed E-state index contributed by atoms with van der Waals surface area (Å²) in [5.41, 5.74) is 9.02. The van der Waals surface area contributed by atoms with Gasteiger partial charge >= 0.3 is 0 Å². The molecule has 18 heavy (non-hydrogen) atoms. The number of benzene rings is 1. The van der Waals surface area contributed by atoms with Gasteiger partial charge in [0.05, 0.1) is 11.3 Å². The quantitative estimate of drug-likeness (QED) is 0.887. The lowest BCUT2D eigenvalue weighted by Crippen LogP contribution is -1.94. The molecule has 2 N–H and O–H groups in total. The van der Waals surface area contributed by atoms with Crippen molar-refractivity contribution in [3.05, 3.63) is 35.0 Å². The lowest BCUT2D eigenvalue weighted by atomic mass is 10.00. The lowest BCUT2D eigenvalue weighted by Gasteiger charge is -2.04. The van der Waals surface area contributed by atoms with Gasteiger partial charge in [-0.3, -0.25) is 0 Å². The molecule has 1 atom stereocenters. The highest BCUT2D eigenvalue weighted by Gasteiger charge is 2.49. The predicted octanol–water partition coefficient (Wildman–Crippen LogP) is 4.09. The first-order valence-electron chi connectivity index (χ1n) is 6.00. The van der Waals surface area contributed by atoms with E-state index in [1.165, 1.54) is 0 Å². The van der Waals surface area contributed by atoms with Crippen LogP contribution in [0.25, 0.3) is 11.1 Å². The number of rotatable bonds is 2. The summed E-state index contributed by atoms with van der Waals surface area (Å²) in [5.74, 6) is 0.794. The molecule has 4 heteroatoms. The van der Waals surface area contributed by atoms with Crippen molar-refractivity contribution in [2.45, 2.75) is 26.2 Å². The first-order valence-corrected chi connectivity index (χ1v) is 6.38. The molecular formula is C14H15ClN2O. The van der Waals surface area contributed by atoms with Crippen LogP contribution in [0.1, 0.15) is 31.9 Å². The van der Waals surface area contributed by atoms with E-state index in [0.29, 0.717) is 16.8 Å². The standard InChI is InChI=1S/C14H15ClN2O/c1-14(2)7-10(14)12-11(13(16)18-17-12)8-4-3-5-9(15)6-8/h3-6,10H,7,16H2,1-2H3. The van der Waals surface area contributed by atoms with E-state index in [1.54, 1.807) is 0 Å². The molecule has 1 aliphatic rings. The minimum atomic E-state index is 0.288. The molecular weight excluding hydrogens is 248 g/mol. The monoisotopic (exact) mass is 262 g/mol. The number of aromatic nitrogens is 1. The van der Waals surface area contributed by atoms with Gasteiger partial charge in [-0.15, -0.1) is 0 Å². The maximum absolute atomic E-state index is 6.03. The second-order valence-electron chi connectivity index (χ2n) is 5.56. The van der Waals surface area contributed by atoms with Gasteiger partial charge in [-0.1, -0.05) is 42.7 Å². The first-order chi connectivity index (χ1) is 8.49. The van der Waals surface area contributed by atoms with E-state index in [9.17, 15) is 0 Å². The fourth-order valence-electron chi connectivity index (χ4n) is 2.42. The molecule has 1 aromatic heterocycles. The van der Waals surface area contributed by atoms with E-state index in [2.05, 4.69) is 19.0 Å². The van der Waals surface area contributed by atoms with Gasteiger partial charge in [-0.05, 0) is 29.5 Å². The molecule has 1 unspecified atom stereocenters. The zero-order valence-corrected chi connectivity index (χ0v) is 11.2. The van der Waals surface area contributed by atoms with Gasteiger partial charge in [0, 0.05) is 10.9 Å². The van der Waals surface area contributed by atoms with Gasteiger partial charge in [0.25, 0.3) is 0 Å². The van der Waals surface area contributed by atoms with Crippen LogP contribution in [-0.4, -0.2) is 5.16 Å². The third-order valence-electron chi connectivity index (χ3n) is 3.70. The topological polar surface area (TPSA) is 52.0 Å². The molecule has 0 saturated heterocycles. The Labute approximate surface area is 111 Å². The number of anilines is 1. The van der Waals surface area contributed by atoms with Gasteiger partial charge < -0.3 is 10.3 Å². The van der Waals surface area contributed by atoms with Crippen molar-refractivity contribution in [1.82, 2.24) is 5.16 Å². The second kappa shape index (κ2) is 3.75. The number of nitrogens with two attached hydrogens (primary N) is 1.